The van der Waals surface area contributed by atoms with Crippen molar-refractivity contribution in [3.05, 3.63) is 170 Å². The maximum absolute atomic E-state index is 2.47. The molecule has 0 saturated heterocycles. The molecule has 11 aromatic rings. The second kappa shape index (κ2) is 10.2. The van der Waals surface area contributed by atoms with Gasteiger partial charge in [0.1, 0.15) is 0 Å². The van der Waals surface area contributed by atoms with Gasteiger partial charge in [-0.2, -0.15) is 0 Å². The molecule has 0 bridgehead atoms. The van der Waals surface area contributed by atoms with Crippen LogP contribution in [0.15, 0.2) is 170 Å². The topological polar surface area (TPSA) is 9.86 Å². The lowest BCUT2D eigenvalue weighted by Crippen LogP contribution is -1.95. The van der Waals surface area contributed by atoms with Crippen molar-refractivity contribution in [2.24, 2.45) is 0 Å². The monoisotopic (exact) mass is 640 g/mol. The van der Waals surface area contributed by atoms with Crippen LogP contribution in [-0.2, 0) is 0 Å². The van der Waals surface area contributed by atoms with Gasteiger partial charge in [-0.3, -0.25) is 0 Å². The summed E-state index contributed by atoms with van der Waals surface area (Å²) in [6.07, 6.45) is 0. The van der Waals surface area contributed by atoms with Gasteiger partial charge in [-0.05, 0) is 77.2 Å². The van der Waals surface area contributed by atoms with Crippen molar-refractivity contribution in [1.82, 2.24) is 9.13 Å². The van der Waals surface area contributed by atoms with Crippen molar-refractivity contribution in [3.63, 3.8) is 0 Å². The van der Waals surface area contributed by atoms with Gasteiger partial charge < -0.3 is 9.13 Å². The molecule has 0 aliphatic rings. The quantitative estimate of drug-likeness (QED) is 0.182. The Balaban J connectivity index is 1.17. The molecule has 3 heterocycles. The zero-order chi connectivity index (χ0) is 32.1. The smallest absolute Gasteiger partial charge is 0.0634 e. The van der Waals surface area contributed by atoms with Crippen LogP contribution in [-0.4, -0.2) is 9.13 Å². The van der Waals surface area contributed by atoms with Gasteiger partial charge in [-0.1, -0.05) is 109 Å². The summed E-state index contributed by atoms with van der Waals surface area (Å²) in [4.78, 5) is 0. The minimum Gasteiger partial charge on any atom is -0.309 e. The Morgan fingerprint density at radius 3 is 1.84 bits per heavy atom. The van der Waals surface area contributed by atoms with Crippen molar-refractivity contribution in [2.75, 3.05) is 0 Å². The molecule has 3 heteroatoms. The van der Waals surface area contributed by atoms with E-state index in [1.807, 2.05) is 11.3 Å². The van der Waals surface area contributed by atoms with E-state index >= 15 is 0 Å². The summed E-state index contributed by atoms with van der Waals surface area (Å²) < 4.78 is 7.55. The van der Waals surface area contributed by atoms with E-state index in [-0.39, 0.29) is 0 Å². The van der Waals surface area contributed by atoms with Crippen LogP contribution in [0.1, 0.15) is 0 Å². The molecule has 0 aliphatic heterocycles. The first kappa shape index (κ1) is 26.9. The van der Waals surface area contributed by atoms with Crippen molar-refractivity contribution >= 4 is 85.9 Å². The maximum atomic E-state index is 2.47. The van der Waals surface area contributed by atoms with Gasteiger partial charge in [0.25, 0.3) is 0 Å². The number of thiophene rings is 1. The standard InChI is InChI=1S/C46H28N2S/c1-2-13-32(14-3-1)47-41-24-21-31(28-38(41)35-23-26-44-45(46(35)47)36-17-7-9-20-43(36)49-44)30-22-25-42-37(27-30)34-16-6-8-18-40(34)48(42)39-19-10-12-29-11-4-5-15-33(29)39/h1-28H. The van der Waals surface area contributed by atoms with E-state index in [1.54, 1.807) is 0 Å². The van der Waals surface area contributed by atoms with E-state index in [4.69, 9.17) is 0 Å². The number of nitrogens with zero attached hydrogens (tertiary/aromatic N) is 2. The third-order valence-corrected chi connectivity index (χ3v) is 11.4. The van der Waals surface area contributed by atoms with Gasteiger partial charge in [0.05, 0.1) is 27.8 Å². The molecule has 0 atom stereocenters. The summed E-state index contributed by atoms with van der Waals surface area (Å²) in [5.74, 6) is 0. The highest BCUT2D eigenvalue weighted by Crippen LogP contribution is 2.44. The normalized spacial score (nSPS) is 12.1. The molecule has 0 unspecified atom stereocenters. The van der Waals surface area contributed by atoms with Crippen molar-refractivity contribution < 1.29 is 0 Å². The fraction of sp³-hybridized carbons (Fsp3) is 0. The molecular formula is C46H28N2S. The molecule has 0 amide bonds. The third-order valence-electron chi connectivity index (χ3n) is 10.3. The van der Waals surface area contributed by atoms with Crippen LogP contribution in [0.3, 0.4) is 0 Å². The molecule has 2 nitrogen and oxygen atoms in total. The summed E-state index contributed by atoms with van der Waals surface area (Å²) in [5.41, 5.74) is 9.77. The first-order valence-corrected chi connectivity index (χ1v) is 17.6. The highest BCUT2D eigenvalue weighted by molar-refractivity contribution is 7.26. The van der Waals surface area contributed by atoms with E-state index in [1.165, 1.54) is 97.1 Å². The molecule has 3 aromatic heterocycles. The Bertz CT molecular complexity index is 3100. The fourth-order valence-electron chi connectivity index (χ4n) is 8.16. The highest BCUT2D eigenvalue weighted by Gasteiger charge is 2.20. The Kier molecular flexibility index (Phi) is 5.57. The van der Waals surface area contributed by atoms with Gasteiger partial charge in [0, 0.05) is 52.8 Å². The van der Waals surface area contributed by atoms with E-state index < -0.39 is 0 Å². The maximum Gasteiger partial charge on any atom is 0.0634 e. The molecule has 0 aliphatic carbocycles. The van der Waals surface area contributed by atoms with Gasteiger partial charge in [0.15, 0.2) is 0 Å². The van der Waals surface area contributed by atoms with Gasteiger partial charge >= 0.3 is 0 Å². The lowest BCUT2D eigenvalue weighted by molar-refractivity contribution is 1.19. The molecule has 11 rings (SSSR count). The fourth-order valence-corrected chi connectivity index (χ4v) is 9.26. The van der Waals surface area contributed by atoms with Gasteiger partial charge in [0.2, 0.25) is 0 Å². The molecule has 228 valence electrons. The predicted octanol–water partition coefficient (Wildman–Crippen LogP) is 13.1. The summed E-state index contributed by atoms with van der Waals surface area (Å²) in [6, 6.07) is 62.4. The van der Waals surface area contributed by atoms with Gasteiger partial charge in [-0.15, -0.1) is 11.3 Å². The van der Waals surface area contributed by atoms with E-state index in [0.717, 1.165) is 0 Å². The number of para-hydroxylation sites is 2. The second-order valence-electron chi connectivity index (χ2n) is 12.9. The third kappa shape index (κ3) is 3.82. The molecule has 0 fully saturated rings. The Morgan fingerprint density at radius 1 is 0.367 bits per heavy atom. The molecular weight excluding hydrogens is 613 g/mol. The van der Waals surface area contributed by atoms with E-state index in [0.29, 0.717) is 0 Å². The zero-order valence-electron chi connectivity index (χ0n) is 26.5. The molecule has 0 N–H and O–H groups in total. The average molecular weight is 641 g/mol. The van der Waals surface area contributed by atoms with Crippen LogP contribution in [0.5, 0.6) is 0 Å². The summed E-state index contributed by atoms with van der Waals surface area (Å²) in [7, 11) is 0. The van der Waals surface area contributed by atoms with Crippen molar-refractivity contribution in [3.8, 4) is 22.5 Å². The Labute approximate surface area is 286 Å². The SMILES string of the molecule is c1ccc(-n2c3ccc(-c4ccc5c(c4)c4ccccc4n5-c4cccc5ccccc45)cc3c3ccc4sc5ccccc5c4c32)cc1. The number of fused-ring (bicyclic) bond motifs is 11. The Hall–Kier alpha value is -6.16. The molecule has 49 heavy (non-hydrogen) atoms. The van der Waals surface area contributed by atoms with Crippen LogP contribution in [0.25, 0.3) is 97.1 Å². The average Bonchev–Trinajstić information content (AvgIpc) is 3.82. The molecule has 8 aromatic carbocycles. The number of benzene rings is 8. The first-order chi connectivity index (χ1) is 24.3. The van der Waals surface area contributed by atoms with Crippen LogP contribution < -0.4 is 0 Å². The lowest BCUT2D eigenvalue weighted by atomic mass is 10.00. The summed E-state index contributed by atoms with van der Waals surface area (Å²) >= 11 is 1.88. The highest BCUT2D eigenvalue weighted by atomic mass is 32.1. The van der Waals surface area contributed by atoms with E-state index in [2.05, 4.69) is 179 Å². The molecule has 0 spiro atoms. The van der Waals surface area contributed by atoms with Crippen molar-refractivity contribution in [1.29, 1.82) is 0 Å². The molecule has 0 saturated carbocycles. The van der Waals surface area contributed by atoms with Crippen LogP contribution >= 0.6 is 11.3 Å². The predicted molar refractivity (Wildman–Crippen MR) is 211 cm³/mol. The number of rotatable bonds is 3. The minimum absolute atomic E-state index is 1.18. The molecule has 0 radical (unpaired) electrons. The van der Waals surface area contributed by atoms with E-state index in [9.17, 15) is 0 Å². The van der Waals surface area contributed by atoms with Gasteiger partial charge in [-0.25, -0.2) is 0 Å². The lowest BCUT2D eigenvalue weighted by Gasteiger charge is -2.12. The largest absolute Gasteiger partial charge is 0.309 e. The van der Waals surface area contributed by atoms with Crippen LogP contribution in [0.4, 0.5) is 0 Å². The minimum atomic E-state index is 1.18. The van der Waals surface area contributed by atoms with Crippen LogP contribution in [0.2, 0.25) is 0 Å². The Morgan fingerprint density at radius 2 is 1.00 bits per heavy atom. The zero-order valence-corrected chi connectivity index (χ0v) is 27.3. The first-order valence-electron chi connectivity index (χ1n) is 16.8. The number of hydrogen-bond donors (Lipinski definition) is 0. The van der Waals surface area contributed by atoms with Crippen LogP contribution in [0, 0.1) is 0 Å². The second-order valence-corrected chi connectivity index (χ2v) is 14.0. The summed E-state index contributed by atoms with van der Waals surface area (Å²) in [6.45, 7) is 0. The number of hydrogen-bond acceptors (Lipinski definition) is 1. The summed E-state index contributed by atoms with van der Waals surface area (Å²) in [5, 5.41) is 10.2. The number of aromatic nitrogens is 2. The van der Waals surface area contributed by atoms with Crippen molar-refractivity contribution in [2.45, 2.75) is 0 Å².